The molecule has 8 nitrogen and oxygen atoms in total. The summed E-state index contributed by atoms with van der Waals surface area (Å²) in [4.78, 5) is 0. The lowest BCUT2D eigenvalue weighted by Gasteiger charge is -2.40. The summed E-state index contributed by atoms with van der Waals surface area (Å²) in [6.45, 7) is 1.08. The molecule has 1 aliphatic rings. The highest BCUT2D eigenvalue weighted by Crippen LogP contribution is 2.31. The van der Waals surface area contributed by atoms with Crippen LogP contribution in [0.4, 0.5) is 0 Å². The van der Waals surface area contributed by atoms with E-state index >= 15 is 0 Å². The van der Waals surface area contributed by atoms with E-state index in [2.05, 4.69) is 0 Å². The number of aliphatic hydroxyl groups is 4. The number of phenolic OH excluding ortho intramolecular Hbond substituents is 2. The van der Waals surface area contributed by atoms with E-state index < -0.39 is 43.4 Å². The maximum Gasteiger partial charge on any atom is 0.187 e. The third-order valence-electron chi connectivity index (χ3n) is 3.66. The van der Waals surface area contributed by atoms with E-state index in [1.165, 1.54) is 18.2 Å². The Bertz CT molecular complexity index is 506. The van der Waals surface area contributed by atoms with Gasteiger partial charge in [0, 0.05) is 0 Å². The molecule has 1 aliphatic heterocycles. The number of aliphatic hydroxyl groups excluding tert-OH is 4. The lowest BCUT2D eigenvalue weighted by molar-refractivity contribution is -0.311. The van der Waals surface area contributed by atoms with Crippen LogP contribution in [0.5, 0.6) is 11.5 Å². The summed E-state index contributed by atoms with van der Waals surface area (Å²) in [7, 11) is 0. The number of hydrogen-bond acceptors (Lipinski definition) is 8. The van der Waals surface area contributed by atoms with Crippen LogP contribution in [0.15, 0.2) is 18.2 Å². The van der Waals surface area contributed by atoms with Crippen molar-refractivity contribution >= 4 is 0 Å². The Morgan fingerprint density at radius 1 is 1.09 bits per heavy atom. The van der Waals surface area contributed by atoms with E-state index in [1.54, 1.807) is 6.92 Å². The third kappa shape index (κ3) is 3.32. The molecular weight excluding hydrogens is 296 g/mol. The highest BCUT2D eigenvalue weighted by Gasteiger charge is 2.44. The number of rotatable bonds is 4. The van der Waals surface area contributed by atoms with E-state index in [-0.39, 0.29) is 11.5 Å². The maximum absolute atomic E-state index is 9.88. The first-order chi connectivity index (χ1) is 10.3. The van der Waals surface area contributed by atoms with Gasteiger partial charge in [-0.05, 0) is 24.6 Å². The van der Waals surface area contributed by atoms with Crippen molar-refractivity contribution in [2.24, 2.45) is 0 Å². The van der Waals surface area contributed by atoms with Crippen LogP contribution in [0.3, 0.4) is 0 Å². The summed E-state index contributed by atoms with van der Waals surface area (Å²) in [5, 5.41) is 57.1. The number of phenols is 2. The van der Waals surface area contributed by atoms with E-state index in [4.69, 9.17) is 14.6 Å². The van der Waals surface area contributed by atoms with Crippen LogP contribution in [-0.2, 0) is 9.47 Å². The van der Waals surface area contributed by atoms with Gasteiger partial charge in [-0.25, -0.2) is 0 Å². The average Bonchev–Trinajstić information content (AvgIpc) is 2.50. The van der Waals surface area contributed by atoms with Gasteiger partial charge in [0.2, 0.25) is 0 Å². The lowest BCUT2D eigenvalue weighted by atomic mass is 9.99. The fraction of sp³-hybridized carbons (Fsp3) is 0.571. The molecule has 0 bridgehead atoms. The largest absolute Gasteiger partial charge is 0.504 e. The van der Waals surface area contributed by atoms with Gasteiger partial charge in [-0.3, -0.25) is 0 Å². The Hall–Kier alpha value is -1.42. The molecule has 0 aromatic heterocycles. The van der Waals surface area contributed by atoms with Crippen molar-refractivity contribution in [3.63, 3.8) is 0 Å². The molecule has 0 saturated carbocycles. The summed E-state index contributed by atoms with van der Waals surface area (Å²) < 4.78 is 10.7. The first-order valence-corrected chi connectivity index (χ1v) is 6.83. The van der Waals surface area contributed by atoms with Crippen molar-refractivity contribution in [2.75, 3.05) is 6.61 Å². The molecule has 1 aromatic carbocycles. The number of ether oxygens (including phenoxy) is 2. The van der Waals surface area contributed by atoms with Crippen LogP contribution < -0.4 is 0 Å². The van der Waals surface area contributed by atoms with Gasteiger partial charge in [-0.2, -0.15) is 0 Å². The summed E-state index contributed by atoms with van der Waals surface area (Å²) in [5.74, 6) is -0.592. The normalized spacial score (nSPS) is 33.6. The van der Waals surface area contributed by atoms with Gasteiger partial charge in [0.05, 0.1) is 12.7 Å². The van der Waals surface area contributed by atoms with E-state index in [0.717, 1.165) is 0 Å². The second kappa shape index (κ2) is 6.78. The first kappa shape index (κ1) is 16.9. The molecule has 22 heavy (non-hydrogen) atoms. The van der Waals surface area contributed by atoms with Crippen LogP contribution in [-0.4, -0.2) is 68.0 Å². The van der Waals surface area contributed by atoms with Gasteiger partial charge in [-0.1, -0.05) is 6.07 Å². The molecule has 1 unspecified atom stereocenters. The highest BCUT2D eigenvalue weighted by atomic mass is 16.7. The van der Waals surface area contributed by atoms with Gasteiger partial charge in [-0.15, -0.1) is 0 Å². The molecule has 1 saturated heterocycles. The van der Waals surface area contributed by atoms with Crippen molar-refractivity contribution in [2.45, 2.75) is 43.7 Å². The van der Waals surface area contributed by atoms with Crippen molar-refractivity contribution in [1.29, 1.82) is 0 Å². The minimum absolute atomic E-state index is 0.274. The molecule has 1 heterocycles. The quantitative estimate of drug-likeness (QED) is 0.388. The molecule has 0 spiro atoms. The van der Waals surface area contributed by atoms with Crippen molar-refractivity contribution in [1.82, 2.24) is 0 Å². The Morgan fingerprint density at radius 2 is 1.77 bits per heavy atom. The minimum atomic E-state index is -1.52. The molecule has 124 valence electrons. The van der Waals surface area contributed by atoms with E-state index in [0.29, 0.717) is 5.56 Å². The van der Waals surface area contributed by atoms with Crippen molar-refractivity contribution in [3.05, 3.63) is 23.8 Å². The summed E-state index contributed by atoms with van der Waals surface area (Å²) in [5.41, 5.74) is 0.507. The predicted molar refractivity (Wildman–Crippen MR) is 73.0 cm³/mol. The zero-order chi connectivity index (χ0) is 16.4. The molecule has 0 amide bonds. The van der Waals surface area contributed by atoms with Crippen LogP contribution in [0, 0.1) is 0 Å². The molecule has 1 fully saturated rings. The molecule has 6 N–H and O–H groups in total. The zero-order valence-electron chi connectivity index (χ0n) is 11.9. The smallest absolute Gasteiger partial charge is 0.187 e. The molecule has 0 radical (unpaired) electrons. The maximum atomic E-state index is 9.88. The summed E-state index contributed by atoms with van der Waals surface area (Å²) in [6.07, 6.45) is -7.42. The Labute approximate surface area is 126 Å². The second-order valence-corrected chi connectivity index (χ2v) is 5.22. The Kier molecular flexibility index (Phi) is 5.22. The number of benzene rings is 1. The van der Waals surface area contributed by atoms with Crippen molar-refractivity contribution < 1.29 is 40.1 Å². The van der Waals surface area contributed by atoms with E-state index in [9.17, 15) is 25.5 Å². The van der Waals surface area contributed by atoms with Crippen molar-refractivity contribution in [3.8, 4) is 11.5 Å². The SMILES string of the molecule is CC(O[C@@H]1O[C@H](CO)[C@@H](O)[C@H](O)[C@H]1O)c1ccc(O)c(O)c1. The van der Waals surface area contributed by atoms with Crippen LogP contribution in [0.1, 0.15) is 18.6 Å². The third-order valence-corrected chi connectivity index (χ3v) is 3.66. The van der Waals surface area contributed by atoms with Gasteiger partial charge in [0.15, 0.2) is 17.8 Å². The monoisotopic (exact) mass is 316 g/mol. The topological polar surface area (TPSA) is 140 Å². The molecule has 8 heteroatoms. The molecule has 0 aliphatic carbocycles. The number of hydrogen-bond donors (Lipinski definition) is 6. The van der Waals surface area contributed by atoms with Crippen LogP contribution >= 0.6 is 0 Å². The number of aromatic hydroxyl groups is 2. The minimum Gasteiger partial charge on any atom is -0.504 e. The van der Waals surface area contributed by atoms with Gasteiger partial charge in [0.25, 0.3) is 0 Å². The highest BCUT2D eigenvalue weighted by molar-refractivity contribution is 5.41. The standard InChI is InChI=1S/C14H20O8/c1-6(7-2-3-8(16)9(17)4-7)21-14-13(20)12(19)11(18)10(5-15)22-14/h2-4,6,10-20H,5H2,1H3/t6?,10-,11-,12+,13-,14-/m1/s1. The fourth-order valence-electron chi connectivity index (χ4n) is 2.25. The zero-order valence-corrected chi connectivity index (χ0v) is 11.9. The second-order valence-electron chi connectivity index (χ2n) is 5.22. The molecule has 6 atom stereocenters. The lowest BCUT2D eigenvalue weighted by Crippen LogP contribution is -2.59. The van der Waals surface area contributed by atoms with Gasteiger partial charge < -0.3 is 40.1 Å². The molecular formula is C14H20O8. The summed E-state index contributed by atoms with van der Waals surface area (Å²) >= 11 is 0. The fourth-order valence-corrected chi connectivity index (χ4v) is 2.25. The predicted octanol–water partition coefficient (Wildman–Crippen LogP) is -1.02. The van der Waals surface area contributed by atoms with Gasteiger partial charge >= 0.3 is 0 Å². The molecule has 2 rings (SSSR count). The summed E-state index contributed by atoms with van der Waals surface area (Å²) in [6, 6.07) is 4.10. The van der Waals surface area contributed by atoms with E-state index in [1.807, 2.05) is 0 Å². The first-order valence-electron chi connectivity index (χ1n) is 6.83. The van der Waals surface area contributed by atoms with Crippen LogP contribution in [0.2, 0.25) is 0 Å². The Balaban J connectivity index is 2.09. The van der Waals surface area contributed by atoms with Gasteiger partial charge in [0.1, 0.15) is 24.4 Å². The molecule has 1 aromatic rings. The average molecular weight is 316 g/mol. The van der Waals surface area contributed by atoms with Crippen LogP contribution in [0.25, 0.3) is 0 Å². The Morgan fingerprint density at radius 3 is 2.36 bits per heavy atom.